The average Bonchev–Trinajstić information content (AvgIpc) is 2.86. The fourth-order valence-electron chi connectivity index (χ4n) is 3.18. The first kappa shape index (κ1) is 35.4. The number of carbonyl (C=O) groups excluding carboxylic acids is 4. The number of carbonyl (C=O) groups is 6. The van der Waals surface area contributed by atoms with Gasteiger partial charge in [-0.25, -0.2) is 9.59 Å². The van der Waals surface area contributed by atoms with Crippen LogP contribution in [0.25, 0.3) is 0 Å². The molecule has 13 nitrogen and oxygen atoms in total. The molecule has 2 atom stereocenters. The van der Waals surface area contributed by atoms with E-state index in [4.69, 9.17) is 9.47 Å². The largest absolute Gasteiger partial charge is 0.480 e. The number of carboxylic acids is 2. The lowest BCUT2D eigenvalue weighted by atomic mass is 10.1. The predicted molar refractivity (Wildman–Crippen MR) is 140 cm³/mol. The molecule has 0 fully saturated rings. The lowest BCUT2D eigenvalue weighted by Crippen LogP contribution is -2.42. The molecule has 0 saturated carbocycles. The second-order valence-corrected chi connectivity index (χ2v) is 9.05. The van der Waals surface area contributed by atoms with Gasteiger partial charge in [0, 0.05) is 32.4 Å². The van der Waals surface area contributed by atoms with Crippen LogP contribution in [-0.2, 0) is 38.2 Å². The molecule has 0 aromatic heterocycles. The molecule has 0 saturated heterocycles. The smallest absolute Gasteiger partial charge is 0.326 e. The van der Waals surface area contributed by atoms with Crippen LogP contribution >= 0.6 is 15.9 Å². The van der Waals surface area contributed by atoms with Gasteiger partial charge >= 0.3 is 11.9 Å². The first-order valence-corrected chi connectivity index (χ1v) is 13.8. The number of alkyl halides is 1. The van der Waals surface area contributed by atoms with E-state index in [0.29, 0.717) is 32.2 Å². The normalized spacial score (nSPS) is 12.3. The summed E-state index contributed by atoms with van der Waals surface area (Å²) < 4.78 is 10.5. The molecule has 5 N–H and O–H groups in total. The minimum absolute atomic E-state index is 0.0265. The first-order valence-electron chi connectivity index (χ1n) is 12.6. The summed E-state index contributed by atoms with van der Waals surface area (Å²) in [5, 5.41) is 26.1. The SMILES string of the molecule is CCCC(=O)NC(CCC(=O)CCCOCCOCC(=O)N[C@@H](CCCCNC(=O)CBr)C(=O)O)C(=O)O. The molecule has 0 aliphatic heterocycles. The van der Waals surface area contributed by atoms with E-state index in [-0.39, 0.29) is 81.5 Å². The summed E-state index contributed by atoms with van der Waals surface area (Å²) in [6.07, 6.45) is 2.83. The van der Waals surface area contributed by atoms with Crippen molar-refractivity contribution in [1.82, 2.24) is 16.0 Å². The standard InChI is InChI=1S/C24H40BrN3O10/c1-2-6-20(30)27-19(24(35)36)10-9-17(29)7-5-12-37-13-14-38-16-22(32)28-18(23(33)34)8-3-4-11-26-21(31)15-25/h18-19H,2-16H2,1H3,(H,26,31)(H,27,30)(H,28,32)(H,33,34)(H,35,36)/t18-,19?/m0/s1. The second-order valence-electron chi connectivity index (χ2n) is 8.49. The van der Waals surface area contributed by atoms with Gasteiger partial charge in [-0.2, -0.15) is 0 Å². The monoisotopic (exact) mass is 609 g/mol. The van der Waals surface area contributed by atoms with Crippen molar-refractivity contribution in [1.29, 1.82) is 0 Å². The fourth-order valence-corrected chi connectivity index (χ4v) is 3.38. The zero-order valence-corrected chi connectivity index (χ0v) is 23.4. The van der Waals surface area contributed by atoms with Crippen molar-refractivity contribution < 1.29 is 48.5 Å². The number of carboxylic acid groups (broad SMARTS) is 2. The van der Waals surface area contributed by atoms with Gasteiger partial charge < -0.3 is 35.6 Å². The van der Waals surface area contributed by atoms with Gasteiger partial charge in [0.25, 0.3) is 0 Å². The summed E-state index contributed by atoms with van der Waals surface area (Å²) in [4.78, 5) is 69.2. The van der Waals surface area contributed by atoms with Crippen molar-refractivity contribution in [2.45, 2.75) is 76.8 Å². The summed E-state index contributed by atoms with van der Waals surface area (Å²) >= 11 is 3.03. The third kappa shape index (κ3) is 19.5. The Bertz CT molecular complexity index is 766. The molecule has 14 heteroatoms. The Kier molecular flexibility index (Phi) is 20.9. The Balaban J connectivity index is 3.91. The van der Waals surface area contributed by atoms with Crippen LogP contribution in [0.15, 0.2) is 0 Å². The quantitative estimate of drug-likeness (QED) is 0.0769. The third-order valence-electron chi connectivity index (χ3n) is 5.17. The highest BCUT2D eigenvalue weighted by Gasteiger charge is 2.21. The lowest BCUT2D eigenvalue weighted by molar-refractivity contribution is -0.143. The van der Waals surface area contributed by atoms with Gasteiger partial charge in [-0.15, -0.1) is 0 Å². The van der Waals surface area contributed by atoms with Gasteiger partial charge in [-0.05, 0) is 38.5 Å². The molecule has 3 amide bonds. The maximum atomic E-state index is 12.0. The van der Waals surface area contributed by atoms with E-state index in [0.717, 1.165) is 0 Å². The van der Waals surface area contributed by atoms with Crippen LogP contribution in [0.5, 0.6) is 0 Å². The molecule has 0 radical (unpaired) electrons. The van der Waals surface area contributed by atoms with Crippen LogP contribution in [0.1, 0.15) is 64.7 Å². The van der Waals surface area contributed by atoms with Gasteiger partial charge in [0.1, 0.15) is 24.5 Å². The molecule has 0 aromatic rings. The number of hydrogen-bond donors (Lipinski definition) is 5. The summed E-state index contributed by atoms with van der Waals surface area (Å²) in [6.45, 7) is 2.45. The number of ketones is 1. The van der Waals surface area contributed by atoms with Gasteiger partial charge in [-0.3, -0.25) is 19.2 Å². The zero-order valence-electron chi connectivity index (χ0n) is 21.8. The van der Waals surface area contributed by atoms with E-state index >= 15 is 0 Å². The van der Waals surface area contributed by atoms with E-state index in [1.165, 1.54) is 0 Å². The maximum Gasteiger partial charge on any atom is 0.326 e. The van der Waals surface area contributed by atoms with Crippen LogP contribution in [0.2, 0.25) is 0 Å². The topological polar surface area (TPSA) is 197 Å². The van der Waals surface area contributed by atoms with E-state index in [1.54, 1.807) is 0 Å². The van der Waals surface area contributed by atoms with Gasteiger partial charge in [-0.1, -0.05) is 22.9 Å². The van der Waals surface area contributed by atoms with Crippen molar-refractivity contribution in [2.75, 3.05) is 38.3 Å². The Morgan fingerprint density at radius 3 is 2.00 bits per heavy atom. The molecular formula is C24H40BrN3O10. The molecule has 0 heterocycles. The average molecular weight is 610 g/mol. The Labute approximate surface area is 230 Å². The summed E-state index contributed by atoms with van der Waals surface area (Å²) in [6, 6.07) is -2.14. The van der Waals surface area contributed by atoms with Crippen LogP contribution in [0, 0.1) is 0 Å². The van der Waals surface area contributed by atoms with E-state index in [9.17, 15) is 39.0 Å². The van der Waals surface area contributed by atoms with E-state index in [2.05, 4.69) is 31.9 Å². The van der Waals surface area contributed by atoms with E-state index < -0.39 is 29.9 Å². The Morgan fingerprint density at radius 1 is 0.737 bits per heavy atom. The maximum absolute atomic E-state index is 12.0. The molecule has 0 aliphatic carbocycles. The molecule has 0 spiro atoms. The van der Waals surface area contributed by atoms with Gasteiger partial charge in [0.05, 0.1) is 18.5 Å². The van der Waals surface area contributed by atoms with Crippen molar-refractivity contribution in [3.8, 4) is 0 Å². The number of halogens is 1. The molecule has 38 heavy (non-hydrogen) atoms. The third-order valence-corrected chi connectivity index (χ3v) is 5.68. The minimum Gasteiger partial charge on any atom is -0.480 e. The summed E-state index contributed by atoms with van der Waals surface area (Å²) in [7, 11) is 0. The molecule has 0 bridgehead atoms. The van der Waals surface area contributed by atoms with Crippen molar-refractivity contribution in [3.05, 3.63) is 0 Å². The van der Waals surface area contributed by atoms with Crippen molar-refractivity contribution in [2.24, 2.45) is 0 Å². The summed E-state index contributed by atoms with van der Waals surface area (Å²) in [5.41, 5.74) is 0. The highest BCUT2D eigenvalue weighted by molar-refractivity contribution is 9.09. The van der Waals surface area contributed by atoms with Gasteiger partial charge in [0.15, 0.2) is 0 Å². The van der Waals surface area contributed by atoms with Gasteiger partial charge in [0.2, 0.25) is 17.7 Å². The Morgan fingerprint density at radius 2 is 1.37 bits per heavy atom. The number of nitrogens with one attached hydrogen (secondary N) is 3. The second kappa shape index (κ2) is 22.4. The minimum atomic E-state index is -1.18. The number of Topliss-reactive ketones (excluding diaryl/α,β-unsaturated/α-hetero) is 1. The van der Waals surface area contributed by atoms with Crippen molar-refractivity contribution in [3.63, 3.8) is 0 Å². The zero-order chi connectivity index (χ0) is 28.8. The van der Waals surface area contributed by atoms with Crippen LogP contribution in [0.3, 0.4) is 0 Å². The number of amides is 3. The van der Waals surface area contributed by atoms with Crippen molar-refractivity contribution >= 4 is 51.4 Å². The van der Waals surface area contributed by atoms with Crippen LogP contribution in [-0.4, -0.2) is 96.0 Å². The molecular weight excluding hydrogens is 570 g/mol. The number of aliphatic carboxylic acids is 2. The molecule has 218 valence electrons. The molecule has 0 aliphatic rings. The highest BCUT2D eigenvalue weighted by Crippen LogP contribution is 2.05. The number of hydrogen-bond acceptors (Lipinski definition) is 8. The number of ether oxygens (including phenoxy) is 2. The van der Waals surface area contributed by atoms with E-state index in [1.807, 2.05) is 6.92 Å². The molecule has 0 aromatic carbocycles. The summed E-state index contributed by atoms with van der Waals surface area (Å²) in [5.74, 6) is -3.54. The highest BCUT2D eigenvalue weighted by atomic mass is 79.9. The Hall–Kier alpha value is -2.58. The lowest BCUT2D eigenvalue weighted by Gasteiger charge is -2.14. The fraction of sp³-hybridized carbons (Fsp3) is 0.750. The molecule has 1 unspecified atom stereocenters. The number of unbranched alkanes of at least 4 members (excludes halogenated alkanes) is 1. The first-order chi connectivity index (χ1) is 18.1. The number of rotatable bonds is 24. The van der Waals surface area contributed by atoms with Crippen LogP contribution < -0.4 is 16.0 Å². The predicted octanol–water partition coefficient (Wildman–Crippen LogP) is 0.769. The molecule has 0 rings (SSSR count). The van der Waals surface area contributed by atoms with Crippen LogP contribution in [0.4, 0.5) is 0 Å².